The highest BCUT2D eigenvalue weighted by Gasteiger charge is 2.24. The van der Waals surface area contributed by atoms with E-state index in [0.29, 0.717) is 0 Å². The third-order valence-corrected chi connectivity index (χ3v) is 6.83. The molecule has 3 aromatic heterocycles. The molecule has 0 N–H and O–H groups in total. The number of hydrogen-bond donors (Lipinski definition) is 0. The number of aryl methyl sites for hydroxylation is 2. The van der Waals surface area contributed by atoms with Crippen LogP contribution >= 0.6 is 0 Å². The first-order valence-electron chi connectivity index (χ1n) is 10.8. The van der Waals surface area contributed by atoms with Crippen molar-refractivity contribution in [3.63, 3.8) is 0 Å². The Hall–Kier alpha value is -4.05. The highest BCUT2D eigenvalue weighted by molar-refractivity contribution is 6.16. The van der Waals surface area contributed by atoms with Gasteiger partial charge in [-0.05, 0) is 30.7 Å². The van der Waals surface area contributed by atoms with E-state index in [4.69, 9.17) is 8.83 Å². The summed E-state index contributed by atoms with van der Waals surface area (Å²) in [5.74, 6) is 1.18. The maximum Gasteiger partial charge on any atom is 0.259 e. The molecule has 0 bridgehead atoms. The van der Waals surface area contributed by atoms with Crippen molar-refractivity contribution in [3.8, 4) is 5.69 Å². The zero-order chi connectivity index (χ0) is 21.6. The maximum absolute atomic E-state index is 6.32. The van der Waals surface area contributed by atoms with Crippen molar-refractivity contribution >= 4 is 54.9 Å². The lowest BCUT2D eigenvalue weighted by atomic mass is 10.1. The van der Waals surface area contributed by atoms with E-state index in [9.17, 15) is 0 Å². The van der Waals surface area contributed by atoms with Gasteiger partial charge in [-0.15, -0.1) is 0 Å². The highest BCUT2D eigenvalue weighted by atomic mass is 16.3. The molecule has 4 aromatic carbocycles. The lowest BCUT2D eigenvalue weighted by Gasteiger charge is -2.03. The van der Waals surface area contributed by atoms with Crippen molar-refractivity contribution in [3.05, 3.63) is 84.2 Å². The lowest BCUT2D eigenvalue weighted by molar-refractivity contribution is -0.652. The molecule has 0 spiro atoms. The summed E-state index contributed by atoms with van der Waals surface area (Å²) in [6, 6.07) is 25.4. The predicted octanol–water partition coefficient (Wildman–Crippen LogP) is 6.87. The third kappa shape index (κ3) is 2.19. The molecule has 0 amide bonds. The van der Waals surface area contributed by atoms with Gasteiger partial charge in [-0.2, -0.15) is 4.57 Å². The first-order chi connectivity index (χ1) is 15.6. The van der Waals surface area contributed by atoms with E-state index in [0.717, 1.165) is 49.4 Å². The number of fused-ring (bicyclic) bond motifs is 7. The molecule has 7 rings (SSSR count). The monoisotopic (exact) mass is 417 g/mol. The Morgan fingerprint density at radius 3 is 2.16 bits per heavy atom. The Labute approximate surface area is 183 Å². The minimum Gasteiger partial charge on any atom is -0.456 e. The van der Waals surface area contributed by atoms with Crippen molar-refractivity contribution < 1.29 is 13.4 Å². The maximum atomic E-state index is 6.32. The number of rotatable bonds is 1. The van der Waals surface area contributed by atoms with Crippen LogP contribution in [-0.4, -0.2) is 4.57 Å². The van der Waals surface area contributed by atoms with Crippen molar-refractivity contribution in [2.24, 2.45) is 7.05 Å². The molecule has 154 valence electrons. The summed E-state index contributed by atoms with van der Waals surface area (Å²) in [5.41, 5.74) is 8.26. The largest absolute Gasteiger partial charge is 0.456 e. The van der Waals surface area contributed by atoms with Crippen molar-refractivity contribution in [2.45, 2.75) is 13.8 Å². The molecule has 7 aromatic rings. The van der Waals surface area contributed by atoms with E-state index in [-0.39, 0.29) is 0 Å². The normalized spacial score (nSPS) is 12.2. The molecule has 0 aliphatic heterocycles. The van der Waals surface area contributed by atoms with Gasteiger partial charge in [0.25, 0.3) is 5.82 Å². The molecule has 0 aliphatic rings. The molecule has 0 unspecified atom stereocenters. The summed E-state index contributed by atoms with van der Waals surface area (Å²) in [7, 11) is 2.11. The van der Waals surface area contributed by atoms with Crippen molar-refractivity contribution in [2.75, 3.05) is 0 Å². The average molecular weight is 417 g/mol. The Morgan fingerprint density at radius 2 is 1.31 bits per heavy atom. The van der Waals surface area contributed by atoms with Crippen molar-refractivity contribution in [1.82, 2.24) is 4.57 Å². The molecule has 3 heterocycles. The van der Waals surface area contributed by atoms with Gasteiger partial charge in [-0.1, -0.05) is 36.4 Å². The Kier molecular flexibility index (Phi) is 3.31. The number of para-hydroxylation sites is 2. The molecular formula is C28H21N2O2+. The van der Waals surface area contributed by atoms with Gasteiger partial charge in [0.2, 0.25) is 0 Å². The van der Waals surface area contributed by atoms with E-state index in [1.54, 1.807) is 0 Å². The van der Waals surface area contributed by atoms with Gasteiger partial charge in [-0.25, -0.2) is 4.57 Å². The van der Waals surface area contributed by atoms with Crippen LogP contribution in [0.1, 0.15) is 11.4 Å². The third-order valence-electron chi connectivity index (χ3n) is 6.83. The second kappa shape index (κ2) is 6.01. The van der Waals surface area contributed by atoms with Gasteiger partial charge in [0.15, 0.2) is 11.0 Å². The van der Waals surface area contributed by atoms with Gasteiger partial charge in [0.1, 0.15) is 28.0 Å². The topological polar surface area (TPSA) is 35.1 Å². The van der Waals surface area contributed by atoms with Crippen LogP contribution in [0.3, 0.4) is 0 Å². The highest BCUT2D eigenvalue weighted by Crippen LogP contribution is 2.38. The van der Waals surface area contributed by atoms with E-state index in [1.165, 1.54) is 22.6 Å². The zero-order valence-electron chi connectivity index (χ0n) is 18.1. The van der Waals surface area contributed by atoms with Crippen LogP contribution in [0.4, 0.5) is 0 Å². The van der Waals surface area contributed by atoms with E-state index >= 15 is 0 Å². The van der Waals surface area contributed by atoms with Gasteiger partial charge in [0, 0.05) is 46.7 Å². The fraction of sp³-hybridized carbons (Fsp3) is 0.107. The van der Waals surface area contributed by atoms with Crippen LogP contribution in [0.25, 0.3) is 60.6 Å². The van der Waals surface area contributed by atoms with Gasteiger partial charge in [-0.3, -0.25) is 0 Å². The zero-order valence-corrected chi connectivity index (χ0v) is 18.1. The number of hydrogen-bond acceptors (Lipinski definition) is 2. The minimum absolute atomic E-state index is 0.848. The lowest BCUT2D eigenvalue weighted by Crippen LogP contribution is -2.30. The standard InChI is InChI=1S/C28H21N2O2/c1-16-8-4-6-10-22(16)30-17(2)29(3)23-14-26-21(13-24(23)30)20-12-19-18-9-5-7-11-25(18)31-27(19)15-28(20)32-26/h4-15H,1-3H3/q+1. The minimum atomic E-state index is 0.848. The summed E-state index contributed by atoms with van der Waals surface area (Å²) >= 11 is 0. The number of benzene rings is 4. The summed E-state index contributed by atoms with van der Waals surface area (Å²) in [5, 5.41) is 4.48. The first-order valence-corrected chi connectivity index (χ1v) is 10.8. The summed E-state index contributed by atoms with van der Waals surface area (Å²) in [6.45, 7) is 4.32. The fourth-order valence-corrected chi connectivity index (χ4v) is 5.08. The first kappa shape index (κ1) is 17.6. The molecule has 0 radical (unpaired) electrons. The van der Waals surface area contributed by atoms with Gasteiger partial charge in [0.05, 0.1) is 7.05 Å². The molecule has 4 nitrogen and oxygen atoms in total. The van der Waals surface area contributed by atoms with E-state index in [1.807, 2.05) is 18.2 Å². The average Bonchev–Trinajstić information content (AvgIpc) is 3.41. The molecule has 0 saturated heterocycles. The number of furan rings is 2. The second-order valence-corrected chi connectivity index (χ2v) is 8.61. The van der Waals surface area contributed by atoms with Crippen LogP contribution in [0, 0.1) is 13.8 Å². The molecule has 32 heavy (non-hydrogen) atoms. The molecule has 0 fully saturated rings. The fourth-order valence-electron chi connectivity index (χ4n) is 5.08. The Balaban J connectivity index is 1.61. The molecule has 0 aliphatic carbocycles. The van der Waals surface area contributed by atoms with Gasteiger partial charge < -0.3 is 8.83 Å². The molecule has 0 atom stereocenters. The van der Waals surface area contributed by atoms with Crippen LogP contribution in [-0.2, 0) is 7.05 Å². The summed E-state index contributed by atoms with van der Waals surface area (Å²) in [6.07, 6.45) is 0. The summed E-state index contributed by atoms with van der Waals surface area (Å²) < 4.78 is 17.0. The Bertz CT molecular complexity index is 1860. The Morgan fingerprint density at radius 1 is 0.656 bits per heavy atom. The second-order valence-electron chi connectivity index (χ2n) is 8.61. The quantitative estimate of drug-likeness (QED) is 0.273. The number of imidazole rings is 1. The molecule has 4 heteroatoms. The van der Waals surface area contributed by atoms with Crippen LogP contribution in [0.2, 0.25) is 0 Å². The predicted molar refractivity (Wildman–Crippen MR) is 128 cm³/mol. The van der Waals surface area contributed by atoms with Crippen LogP contribution < -0.4 is 4.57 Å². The van der Waals surface area contributed by atoms with Crippen LogP contribution in [0.15, 0.2) is 81.6 Å². The molecule has 0 saturated carbocycles. The molecular weight excluding hydrogens is 396 g/mol. The van der Waals surface area contributed by atoms with E-state index < -0.39 is 0 Å². The SMILES string of the molecule is Cc1ccccc1-n1c(C)[n+](C)c2cc3oc4cc5oc6ccccc6c5cc4c3cc21. The summed E-state index contributed by atoms with van der Waals surface area (Å²) in [4.78, 5) is 0. The van der Waals surface area contributed by atoms with Crippen molar-refractivity contribution in [1.29, 1.82) is 0 Å². The smallest absolute Gasteiger partial charge is 0.259 e. The number of nitrogens with zero attached hydrogens (tertiary/aromatic N) is 2. The number of aromatic nitrogens is 2. The van der Waals surface area contributed by atoms with Crippen LogP contribution in [0.5, 0.6) is 0 Å². The van der Waals surface area contributed by atoms with Gasteiger partial charge >= 0.3 is 0 Å². The van der Waals surface area contributed by atoms with E-state index in [2.05, 4.69) is 84.6 Å².